The molecule has 2 rings (SSSR count). The Labute approximate surface area is 123 Å². The Morgan fingerprint density at radius 2 is 2.05 bits per heavy atom. The average molecular weight is 289 g/mol. The van der Waals surface area contributed by atoms with Gasteiger partial charge in [0.25, 0.3) is 0 Å². The smallest absolute Gasteiger partial charge is 0.341 e. The quantitative estimate of drug-likeness (QED) is 0.884. The van der Waals surface area contributed by atoms with E-state index in [-0.39, 0.29) is 17.0 Å². The SMILES string of the molecule is COC(C)(C)CCOc1nc2ccccc2cc1C(=O)O. The number of para-hydroxylation sites is 1. The topological polar surface area (TPSA) is 68.7 Å². The number of benzene rings is 1. The molecule has 2 aromatic rings. The fourth-order valence-electron chi connectivity index (χ4n) is 1.86. The number of aromatic carboxylic acids is 1. The second kappa shape index (κ2) is 6.10. The van der Waals surface area contributed by atoms with Gasteiger partial charge in [0, 0.05) is 18.9 Å². The Balaban J connectivity index is 2.25. The fraction of sp³-hybridized carbons (Fsp3) is 0.375. The van der Waals surface area contributed by atoms with Crippen molar-refractivity contribution in [2.45, 2.75) is 25.9 Å². The van der Waals surface area contributed by atoms with Gasteiger partial charge in [-0.05, 0) is 26.0 Å². The summed E-state index contributed by atoms with van der Waals surface area (Å²) in [7, 11) is 1.64. The molecule has 5 heteroatoms. The molecule has 5 nitrogen and oxygen atoms in total. The first-order chi connectivity index (χ1) is 9.93. The Morgan fingerprint density at radius 3 is 2.71 bits per heavy atom. The molecule has 0 aliphatic rings. The zero-order valence-electron chi connectivity index (χ0n) is 12.4. The van der Waals surface area contributed by atoms with Crippen LogP contribution in [0.4, 0.5) is 0 Å². The molecular formula is C16H19NO4. The molecule has 0 aliphatic carbocycles. The van der Waals surface area contributed by atoms with E-state index in [2.05, 4.69) is 4.98 Å². The first kappa shape index (κ1) is 15.3. The van der Waals surface area contributed by atoms with Crippen LogP contribution in [-0.2, 0) is 4.74 Å². The van der Waals surface area contributed by atoms with Gasteiger partial charge in [-0.2, -0.15) is 0 Å². The maximum absolute atomic E-state index is 11.3. The van der Waals surface area contributed by atoms with Crippen LogP contribution in [0.1, 0.15) is 30.6 Å². The van der Waals surface area contributed by atoms with Gasteiger partial charge in [0.05, 0.1) is 17.7 Å². The van der Waals surface area contributed by atoms with Crippen LogP contribution in [0.3, 0.4) is 0 Å². The minimum absolute atomic E-state index is 0.0731. The van der Waals surface area contributed by atoms with Gasteiger partial charge >= 0.3 is 5.97 Å². The number of aromatic nitrogens is 1. The van der Waals surface area contributed by atoms with Crippen LogP contribution in [0.2, 0.25) is 0 Å². The first-order valence-corrected chi connectivity index (χ1v) is 6.74. The van der Waals surface area contributed by atoms with E-state index in [1.165, 1.54) is 0 Å². The molecule has 0 unspecified atom stereocenters. The van der Waals surface area contributed by atoms with Gasteiger partial charge < -0.3 is 14.6 Å². The summed E-state index contributed by atoms with van der Waals surface area (Å²) in [5.41, 5.74) is 0.465. The number of carboxylic acids is 1. The van der Waals surface area contributed by atoms with Crippen LogP contribution < -0.4 is 4.74 Å². The van der Waals surface area contributed by atoms with Crippen molar-refractivity contribution in [1.82, 2.24) is 4.98 Å². The monoisotopic (exact) mass is 289 g/mol. The number of methoxy groups -OCH3 is 1. The Kier molecular flexibility index (Phi) is 4.43. The summed E-state index contributed by atoms with van der Waals surface area (Å²) in [6.07, 6.45) is 0.636. The highest BCUT2D eigenvalue weighted by Gasteiger charge is 2.19. The predicted molar refractivity (Wildman–Crippen MR) is 79.9 cm³/mol. The minimum atomic E-state index is -1.05. The van der Waals surface area contributed by atoms with Gasteiger partial charge in [-0.25, -0.2) is 9.78 Å². The second-order valence-electron chi connectivity index (χ2n) is 5.40. The van der Waals surface area contributed by atoms with E-state index in [9.17, 15) is 9.90 Å². The van der Waals surface area contributed by atoms with E-state index < -0.39 is 5.97 Å². The lowest BCUT2D eigenvalue weighted by molar-refractivity contribution is 0.00502. The number of rotatable bonds is 6. The summed E-state index contributed by atoms with van der Waals surface area (Å²) in [5, 5.41) is 10.1. The van der Waals surface area contributed by atoms with Crippen LogP contribution in [0.15, 0.2) is 30.3 Å². The summed E-state index contributed by atoms with van der Waals surface area (Å²) in [4.78, 5) is 15.6. The molecule has 1 aromatic carbocycles. The summed E-state index contributed by atoms with van der Waals surface area (Å²) in [6, 6.07) is 8.94. The van der Waals surface area contributed by atoms with E-state index in [4.69, 9.17) is 9.47 Å². The molecule has 21 heavy (non-hydrogen) atoms. The van der Waals surface area contributed by atoms with Crippen molar-refractivity contribution in [3.8, 4) is 5.88 Å². The zero-order valence-corrected chi connectivity index (χ0v) is 12.4. The van der Waals surface area contributed by atoms with E-state index in [1.807, 2.05) is 38.1 Å². The van der Waals surface area contributed by atoms with Gasteiger partial charge in [0.15, 0.2) is 0 Å². The fourth-order valence-corrected chi connectivity index (χ4v) is 1.86. The van der Waals surface area contributed by atoms with Crippen LogP contribution in [0.25, 0.3) is 10.9 Å². The molecule has 1 heterocycles. The molecule has 0 fully saturated rings. The molecule has 0 atom stereocenters. The molecular weight excluding hydrogens is 270 g/mol. The number of pyridine rings is 1. The van der Waals surface area contributed by atoms with Crippen molar-refractivity contribution >= 4 is 16.9 Å². The van der Waals surface area contributed by atoms with Crippen LogP contribution in [0.5, 0.6) is 5.88 Å². The van der Waals surface area contributed by atoms with Gasteiger partial charge in [0.2, 0.25) is 5.88 Å². The third-order valence-corrected chi connectivity index (χ3v) is 3.41. The highest BCUT2D eigenvalue weighted by atomic mass is 16.5. The second-order valence-corrected chi connectivity index (χ2v) is 5.40. The lowest BCUT2D eigenvalue weighted by Gasteiger charge is -2.22. The highest BCUT2D eigenvalue weighted by molar-refractivity contribution is 5.95. The van der Waals surface area contributed by atoms with Crippen molar-refractivity contribution in [3.63, 3.8) is 0 Å². The van der Waals surface area contributed by atoms with Crippen molar-refractivity contribution in [1.29, 1.82) is 0 Å². The molecule has 112 valence electrons. The molecule has 0 bridgehead atoms. The molecule has 1 aromatic heterocycles. The number of fused-ring (bicyclic) bond motifs is 1. The molecule has 0 spiro atoms. The lowest BCUT2D eigenvalue weighted by Crippen LogP contribution is -2.25. The lowest BCUT2D eigenvalue weighted by atomic mass is 10.1. The van der Waals surface area contributed by atoms with Crippen LogP contribution in [-0.4, -0.2) is 35.4 Å². The van der Waals surface area contributed by atoms with E-state index in [1.54, 1.807) is 13.2 Å². The van der Waals surface area contributed by atoms with Gasteiger partial charge in [-0.15, -0.1) is 0 Å². The largest absolute Gasteiger partial charge is 0.477 e. The van der Waals surface area contributed by atoms with E-state index >= 15 is 0 Å². The Hall–Kier alpha value is -2.14. The maximum atomic E-state index is 11.3. The Bertz CT molecular complexity index is 652. The first-order valence-electron chi connectivity index (χ1n) is 6.74. The molecule has 0 saturated carbocycles. The highest BCUT2D eigenvalue weighted by Crippen LogP contribution is 2.23. The molecule has 0 amide bonds. The number of hydrogen-bond acceptors (Lipinski definition) is 4. The molecule has 1 N–H and O–H groups in total. The summed E-state index contributed by atoms with van der Waals surface area (Å²) >= 11 is 0. The zero-order chi connectivity index (χ0) is 15.5. The number of ether oxygens (including phenoxy) is 2. The third-order valence-electron chi connectivity index (χ3n) is 3.41. The number of carbonyl (C=O) groups is 1. The number of carboxylic acid groups (broad SMARTS) is 1. The predicted octanol–water partition coefficient (Wildman–Crippen LogP) is 3.13. The van der Waals surface area contributed by atoms with Crippen molar-refractivity contribution in [2.24, 2.45) is 0 Å². The third kappa shape index (κ3) is 3.70. The average Bonchev–Trinajstić information content (AvgIpc) is 2.46. The van der Waals surface area contributed by atoms with Gasteiger partial charge in [-0.3, -0.25) is 0 Å². The molecule has 0 radical (unpaired) electrons. The normalized spacial score (nSPS) is 11.6. The van der Waals surface area contributed by atoms with Crippen molar-refractivity contribution in [2.75, 3.05) is 13.7 Å². The maximum Gasteiger partial charge on any atom is 0.341 e. The number of nitrogens with zero attached hydrogens (tertiary/aromatic N) is 1. The van der Waals surface area contributed by atoms with Crippen molar-refractivity contribution < 1.29 is 19.4 Å². The minimum Gasteiger partial charge on any atom is -0.477 e. The summed E-state index contributed by atoms with van der Waals surface area (Å²) in [6.45, 7) is 4.23. The van der Waals surface area contributed by atoms with E-state index in [0.717, 1.165) is 5.39 Å². The number of hydrogen-bond donors (Lipinski definition) is 1. The summed E-state index contributed by atoms with van der Waals surface area (Å²) in [5.74, 6) is -0.901. The standard InChI is InChI=1S/C16H19NO4/c1-16(2,20-3)8-9-21-14-12(15(18)19)10-11-6-4-5-7-13(11)17-14/h4-7,10H,8-9H2,1-3H3,(H,18,19). The van der Waals surface area contributed by atoms with Gasteiger partial charge in [0.1, 0.15) is 5.56 Å². The molecule has 0 aliphatic heterocycles. The Morgan fingerprint density at radius 1 is 1.33 bits per heavy atom. The molecule has 0 saturated heterocycles. The van der Waals surface area contributed by atoms with Crippen LogP contribution in [0, 0.1) is 0 Å². The van der Waals surface area contributed by atoms with Gasteiger partial charge in [-0.1, -0.05) is 18.2 Å². The van der Waals surface area contributed by atoms with Crippen molar-refractivity contribution in [3.05, 3.63) is 35.9 Å². The summed E-state index contributed by atoms with van der Waals surface area (Å²) < 4.78 is 10.9. The van der Waals surface area contributed by atoms with E-state index in [0.29, 0.717) is 18.5 Å². The van der Waals surface area contributed by atoms with Crippen LogP contribution >= 0.6 is 0 Å².